The van der Waals surface area contributed by atoms with E-state index in [9.17, 15) is 9.90 Å². The van der Waals surface area contributed by atoms with E-state index in [4.69, 9.17) is 9.97 Å². The van der Waals surface area contributed by atoms with Gasteiger partial charge in [0, 0.05) is 74.1 Å². The zero-order chi connectivity index (χ0) is 45.1. The molecule has 0 spiro atoms. The van der Waals surface area contributed by atoms with Crippen LogP contribution in [0.25, 0.3) is 102 Å². The zero-order valence-electron chi connectivity index (χ0n) is 36.4. The molecule has 0 aliphatic carbocycles. The normalized spacial score (nSPS) is 11.8. The molecule has 5 aromatic carbocycles. The number of amides is 1. The van der Waals surface area contributed by atoms with E-state index in [2.05, 4.69) is 123 Å². The molecule has 0 fully saturated rings. The van der Waals surface area contributed by atoms with E-state index in [1.165, 1.54) is 0 Å². The van der Waals surface area contributed by atoms with E-state index < -0.39 is 0 Å². The number of aromatic amines is 2. The van der Waals surface area contributed by atoms with E-state index in [-0.39, 0.29) is 11.7 Å². The van der Waals surface area contributed by atoms with Crippen molar-refractivity contribution in [3.8, 4) is 61.5 Å². The van der Waals surface area contributed by atoms with Crippen LogP contribution >= 0.6 is 0 Å². The van der Waals surface area contributed by atoms with Gasteiger partial charge in [-0.2, -0.15) is 0 Å². The molecule has 6 heterocycles. The van der Waals surface area contributed by atoms with Crippen LogP contribution in [0, 0.1) is 0 Å². The summed E-state index contributed by atoms with van der Waals surface area (Å²) in [6, 6.07) is 54.5. The maximum absolute atomic E-state index is 13.8. The van der Waals surface area contributed by atoms with Gasteiger partial charge in [0.2, 0.25) is 5.91 Å². The predicted octanol–water partition coefficient (Wildman–Crippen LogP) is 13.1. The highest BCUT2D eigenvalue weighted by molar-refractivity contribution is 6.03. The molecule has 10 heteroatoms. The number of aromatic nitrogens is 7. The van der Waals surface area contributed by atoms with Crippen molar-refractivity contribution in [3.63, 3.8) is 0 Å². The van der Waals surface area contributed by atoms with Crippen LogP contribution in [0.1, 0.15) is 42.0 Å². The van der Waals surface area contributed by atoms with Gasteiger partial charge in [0.15, 0.2) is 0 Å². The highest BCUT2D eigenvalue weighted by Gasteiger charge is 2.20. The van der Waals surface area contributed by atoms with Gasteiger partial charge in [0.05, 0.1) is 29.0 Å². The first-order chi connectivity index (χ1) is 33.0. The summed E-state index contributed by atoms with van der Waals surface area (Å²) in [5, 5.41) is 21.7. The average molecular weight is 873 g/mol. The first-order valence-corrected chi connectivity index (χ1v) is 22.4. The molecular formula is C57H44N8O2. The number of carbonyl (C=O) groups is 1. The molecule has 0 radical (unpaired) electrons. The van der Waals surface area contributed by atoms with Crippen LogP contribution in [-0.2, 0) is 11.3 Å². The molecule has 0 atom stereocenters. The number of hydrogen-bond acceptors (Lipinski definition) is 6. The first kappa shape index (κ1) is 40.9. The molecule has 2 aliphatic rings. The highest BCUT2D eigenvalue weighted by Crippen LogP contribution is 2.40. The molecule has 1 amide bonds. The summed E-state index contributed by atoms with van der Waals surface area (Å²) in [7, 11) is 0. The fourth-order valence-corrected chi connectivity index (χ4v) is 9.00. The zero-order valence-corrected chi connectivity index (χ0v) is 36.4. The maximum Gasteiger partial charge on any atom is 0.224 e. The topological polar surface area (TPSA) is 137 Å². The number of unbranched alkanes of at least 4 members (excludes halogenated alkanes) is 1. The largest absolute Gasteiger partial charge is 0.508 e. The van der Waals surface area contributed by atoms with Crippen molar-refractivity contribution >= 4 is 58.0 Å². The number of para-hydroxylation sites is 1. The van der Waals surface area contributed by atoms with Crippen LogP contribution in [0.4, 0.5) is 5.69 Å². The Labute approximate surface area is 386 Å². The Hall–Kier alpha value is -8.89. The lowest BCUT2D eigenvalue weighted by Crippen LogP contribution is -2.12. The number of H-pyrrole nitrogens is 2. The summed E-state index contributed by atoms with van der Waals surface area (Å²) in [5.41, 5.74) is 16.7. The van der Waals surface area contributed by atoms with Gasteiger partial charge in [-0.05, 0) is 96.3 Å². The standard InChI is InChI=1S/C57H44N8O2/c66-41-22-14-21-40(35-41)52-36-65(64-63-52)34-13-12-25-53(67)62-43-24-11-10-23-42(43)57-50-32-30-48(60-50)55(38-17-6-2-7-18-38)46-28-26-44(58-46)54(37-15-4-1-5-16-37)45-27-29-47(59-45)56(39-19-8-3-9-20-39)49-31-33-51(57)61-49/h1-11,14-24,26-33,35-36,58,61,66H,12-13,25,34H2,(H,62,67). The van der Waals surface area contributed by atoms with Crippen molar-refractivity contribution in [1.82, 2.24) is 34.9 Å². The van der Waals surface area contributed by atoms with Crippen molar-refractivity contribution in [2.45, 2.75) is 25.8 Å². The molecule has 0 saturated carbocycles. The third-order valence-electron chi connectivity index (χ3n) is 12.1. The molecule has 11 rings (SSSR count). The quantitative estimate of drug-likeness (QED) is 0.0955. The number of phenols is 1. The molecule has 4 N–H and O–H groups in total. The highest BCUT2D eigenvalue weighted by atomic mass is 16.3. The van der Waals surface area contributed by atoms with Crippen LogP contribution in [-0.4, -0.2) is 45.9 Å². The minimum atomic E-state index is -0.0877. The predicted molar refractivity (Wildman–Crippen MR) is 270 cm³/mol. The van der Waals surface area contributed by atoms with E-state index >= 15 is 0 Å². The molecule has 0 unspecified atom stereocenters. The number of hydrogen-bond donors (Lipinski definition) is 4. The second-order valence-corrected chi connectivity index (χ2v) is 16.6. The summed E-state index contributed by atoms with van der Waals surface area (Å²) >= 11 is 0. The van der Waals surface area contributed by atoms with Crippen molar-refractivity contribution in [1.29, 1.82) is 0 Å². The Morgan fingerprint density at radius 1 is 0.522 bits per heavy atom. The summed E-state index contributed by atoms with van der Waals surface area (Å²) in [4.78, 5) is 32.2. The molecular weight excluding hydrogens is 829 g/mol. The summed E-state index contributed by atoms with van der Waals surface area (Å²) in [5.74, 6) is 0.0899. The van der Waals surface area contributed by atoms with Gasteiger partial charge in [-0.15, -0.1) is 5.10 Å². The molecule has 4 aromatic heterocycles. The van der Waals surface area contributed by atoms with Crippen LogP contribution in [0.2, 0.25) is 0 Å². The molecule has 324 valence electrons. The number of fused-ring (bicyclic) bond motifs is 8. The number of carbonyl (C=O) groups excluding carboxylic acids is 1. The summed E-state index contributed by atoms with van der Waals surface area (Å²) in [6.45, 7) is 0.607. The van der Waals surface area contributed by atoms with E-state index in [0.717, 1.165) is 101 Å². The Morgan fingerprint density at radius 3 is 1.54 bits per heavy atom. The molecule has 9 aromatic rings. The van der Waals surface area contributed by atoms with Gasteiger partial charge < -0.3 is 20.4 Å². The SMILES string of the molecule is O=C(CCCCn1cc(-c2cccc(O)c2)nn1)Nc1ccccc1-c1c2nc(c(-c3ccccc3)c3ccc([nH]3)c(-c3ccccc3)c3nc(c(-c4ccccc4)c4ccc1[nH]4)C=C3)C=C2. The summed E-state index contributed by atoms with van der Waals surface area (Å²) in [6.07, 6.45) is 11.9. The number of anilines is 1. The lowest BCUT2D eigenvalue weighted by molar-refractivity contribution is -0.116. The van der Waals surface area contributed by atoms with E-state index in [0.29, 0.717) is 30.8 Å². The number of rotatable bonds is 11. The maximum atomic E-state index is 13.8. The van der Waals surface area contributed by atoms with Gasteiger partial charge in [0.25, 0.3) is 0 Å². The first-order valence-electron chi connectivity index (χ1n) is 22.4. The van der Waals surface area contributed by atoms with E-state index in [1.807, 2.05) is 79.0 Å². The smallest absolute Gasteiger partial charge is 0.224 e. The number of nitrogens with zero attached hydrogens (tertiary/aromatic N) is 5. The van der Waals surface area contributed by atoms with Crippen molar-refractivity contribution in [3.05, 3.63) is 193 Å². The molecule has 10 nitrogen and oxygen atoms in total. The Morgan fingerprint density at radius 2 is 1.00 bits per heavy atom. The average Bonchev–Trinajstić information content (AvgIpc) is 4.24. The van der Waals surface area contributed by atoms with Crippen LogP contribution < -0.4 is 5.32 Å². The molecule has 8 bridgehead atoms. The van der Waals surface area contributed by atoms with Gasteiger partial charge >= 0.3 is 0 Å². The number of aromatic hydroxyl groups is 1. The number of nitrogens with one attached hydrogen (secondary N) is 3. The monoisotopic (exact) mass is 872 g/mol. The second-order valence-electron chi connectivity index (χ2n) is 16.6. The lowest BCUT2D eigenvalue weighted by Gasteiger charge is -2.13. The third kappa shape index (κ3) is 8.35. The fourth-order valence-electron chi connectivity index (χ4n) is 9.00. The molecule has 0 saturated heterocycles. The Bertz CT molecular complexity index is 3490. The van der Waals surface area contributed by atoms with Gasteiger partial charge in [-0.25, -0.2) is 9.97 Å². The van der Waals surface area contributed by atoms with Crippen LogP contribution in [0.5, 0.6) is 5.75 Å². The number of benzene rings is 5. The van der Waals surface area contributed by atoms with Crippen LogP contribution in [0.3, 0.4) is 0 Å². The number of phenolic OH excluding ortho intramolecular Hbond substituents is 1. The van der Waals surface area contributed by atoms with Gasteiger partial charge in [0.1, 0.15) is 11.4 Å². The minimum Gasteiger partial charge on any atom is -0.508 e. The van der Waals surface area contributed by atoms with Crippen molar-refractivity contribution < 1.29 is 9.90 Å². The lowest BCUT2D eigenvalue weighted by atomic mass is 10.0. The van der Waals surface area contributed by atoms with E-state index in [1.54, 1.807) is 22.9 Å². The fraction of sp³-hybridized carbons (Fsp3) is 0.0702. The number of aryl methyl sites for hydroxylation is 1. The minimum absolute atomic E-state index is 0.0877. The summed E-state index contributed by atoms with van der Waals surface area (Å²) < 4.78 is 1.77. The van der Waals surface area contributed by atoms with Gasteiger partial charge in [-0.3, -0.25) is 9.48 Å². The Kier molecular flexibility index (Phi) is 10.9. The van der Waals surface area contributed by atoms with Gasteiger partial charge in [-0.1, -0.05) is 127 Å². The van der Waals surface area contributed by atoms with Crippen LogP contribution in [0.15, 0.2) is 170 Å². The molecule has 67 heavy (non-hydrogen) atoms. The van der Waals surface area contributed by atoms with Crippen molar-refractivity contribution in [2.24, 2.45) is 0 Å². The van der Waals surface area contributed by atoms with Crippen molar-refractivity contribution in [2.75, 3.05) is 5.32 Å². The Balaban J connectivity index is 1.04. The second kappa shape index (κ2) is 17.9. The molecule has 2 aliphatic heterocycles. The third-order valence-corrected chi connectivity index (χ3v) is 12.1.